The number of carbonyl (C=O) groups is 1. The number of rotatable bonds is 8. The summed E-state index contributed by atoms with van der Waals surface area (Å²) in [5.41, 5.74) is -0.820. The van der Waals surface area contributed by atoms with Crippen LogP contribution in [0.1, 0.15) is 24.2 Å². The fourth-order valence-corrected chi connectivity index (χ4v) is 4.37. The Balaban J connectivity index is 2.40. The lowest BCUT2D eigenvalue weighted by molar-refractivity contribution is 0.102. The number of carbonyl (C=O) groups excluding carboxylic acids is 1. The lowest BCUT2D eigenvalue weighted by atomic mass is 10.2. The number of anilines is 1. The third kappa shape index (κ3) is 6.00. The molecule has 0 aliphatic heterocycles. The van der Waals surface area contributed by atoms with Crippen molar-refractivity contribution in [2.45, 2.75) is 31.0 Å². The molecule has 0 fully saturated rings. The Morgan fingerprint density at radius 2 is 1.48 bits per heavy atom. The minimum atomic E-state index is -4.58. The van der Waals surface area contributed by atoms with Gasteiger partial charge in [0.05, 0.1) is 12.2 Å². The highest BCUT2D eigenvalue weighted by Gasteiger charge is 2.30. The summed E-state index contributed by atoms with van der Waals surface area (Å²) in [5.74, 6) is -7.07. The third-order valence-electron chi connectivity index (χ3n) is 3.99. The van der Waals surface area contributed by atoms with Crippen molar-refractivity contribution in [2.75, 3.05) is 18.4 Å². The van der Waals surface area contributed by atoms with Crippen LogP contribution in [0.15, 0.2) is 35.2 Å². The Bertz CT molecular complexity index is 1040. The van der Waals surface area contributed by atoms with Crippen LogP contribution in [0.5, 0.6) is 0 Å². The minimum absolute atomic E-state index is 0.376. The van der Waals surface area contributed by atoms with E-state index in [2.05, 4.69) is 5.32 Å². The van der Waals surface area contributed by atoms with Crippen LogP contribution in [0.25, 0.3) is 0 Å². The Morgan fingerprint density at radius 3 is 1.97 bits per heavy atom. The Hall–Kier alpha value is -2.54. The van der Waals surface area contributed by atoms with E-state index in [4.69, 9.17) is 0 Å². The first-order valence-corrected chi connectivity index (χ1v) is 10.4. The van der Waals surface area contributed by atoms with Gasteiger partial charge in [0.1, 0.15) is 10.7 Å². The molecule has 0 aliphatic carbocycles. The van der Waals surface area contributed by atoms with Gasteiger partial charge in [-0.25, -0.2) is 26.0 Å². The van der Waals surface area contributed by atoms with E-state index < -0.39 is 75.1 Å². The number of hydrogen-bond donors (Lipinski definition) is 3. The second kappa shape index (κ2) is 9.73. The van der Waals surface area contributed by atoms with Crippen molar-refractivity contribution in [3.63, 3.8) is 0 Å². The molecule has 2 rings (SSSR count). The predicted molar refractivity (Wildman–Crippen MR) is 103 cm³/mol. The van der Waals surface area contributed by atoms with Crippen LogP contribution < -0.4 is 5.32 Å². The fraction of sp³-hybridized carbons (Fsp3) is 0.316. The lowest BCUT2D eigenvalue weighted by Gasteiger charge is -2.25. The Kier molecular flexibility index (Phi) is 7.76. The first kappa shape index (κ1) is 24.7. The normalized spacial score (nSPS) is 13.8. The molecule has 0 saturated heterocycles. The van der Waals surface area contributed by atoms with Crippen molar-refractivity contribution in [1.29, 1.82) is 0 Å². The predicted octanol–water partition coefficient (Wildman–Crippen LogP) is 2.25. The van der Waals surface area contributed by atoms with Crippen LogP contribution in [0.2, 0.25) is 0 Å². The summed E-state index contributed by atoms with van der Waals surface area (Å²) in [5, 5.41) is 21.2. The number of amides is 1. The number of aliphatic hydroxyl groups is 2. The first-order valence-electron chi connectivity index (χ1n) is 8.94. The molecule has 2 unspecified atom stereocenters. The molecule has 0 saturated carbocycles. The molecule has 2 aromatic carbocycles. The molecule has 12 heteroatoms. The fourth-order valence-electron chi connectivity index (χ4n) is 2.67. The topological polar surface area (TPSA) is 107 Å². The molecule has 31 heavy (non-hydrogen) atoms. The summed E-state index contributed by atoms with van der Waals surface area (Å²) in [6, 6.07) is 3.38. The molecule has 1 amide bonds. The van der Waals surface area contributed by atoms with Gasteiger partial charge in [0.25, 0.3) is 5.91 Å². The van der Waals surface area contributed by atoms with Crippen molar-refractivity contribution in [3.05, 3.63) is 59.2 Å². The highest BCUT2D eigenvalue weighted by atomic mass is 32.2. The molecule has 0 radical (unpaired) electrons. The van der Waals surface area contributed by atoms with Crippen molar-refractivity contribution in [3.8, 4) is 0 Å². The van der Waals surface area contributed by atoms with E-state index in [1.165, 1.54) is 13.8 Å². The summed E-state index contributed by atoms with van der Waals surface area (Å²) < 4.78 is 80.4. The highest BCUT2D eigenvalue weighted by Crippen LogP contribution is 2.23. The van der Waals surface area contributed by atoms with Crippen LogP contribution in [0.3, 0.4) is 0 Å². The molecule has 0 aliphatic rings. The maximum atomic E-state index is 14.3. The van der Waals surface area contributed by atoms with Gasteiger partial charge in [-0.3, -0.25) is 4.79 Å². The van der Waals surface area contributed by atoms with E-state index in [9.17, 15) is 41.0 Å². The SMILES string of the molecule is CC(O)CN(CC(C)O)S(=O)(=O)c1cc(C(=O)Nc2cc(F)c(F)c(F)c2)ccc1F. The summed E-state index contributed by atoms with van der Waals surface area (Å²) in [7, 11) is -4.58. The van der Waals surface area contributed by atoms with Crippen molar-refractivity contribution >= 4 is 21.6 Å². The molecule has 0 bridgehead atoms. The summed E-state index contributed by atoms with van der Waals surface area (Å²) in [4.78, 5) is 11.5. The summed E-state index contributed by atoms with van der Waals surface area (Å²) in [6.07, 6.45) is -2.27. The third-order valence-corrected chi connectivity index (χ3v) is 5.84. The van der Waals surface area contributed by atoms with Crippen molar-refractivity contribution in [1.82, 2.24) is 4.31 Å². The maximum absolute atomic E-state index is 14.3. The average molecular weight is 464 g/mol. The molecule has 0 spiro atoms. The molecular formula is C19H20F4N2O5S. The zero-order chi connectivity index (χ0) is 23.5. The van der Waals surface area contributed by atoms with E-state index in [1.54, 1.807) is 0 Å². The van der Waals surface area contributed by atoms with E-state index in [0.29, 0.717) is 28.6 Å². The summed E-state index contributed by atoms with van der Waals surface area (Å²) in [6.45, 7) is 1.70. The minimum Gasteiger partial charge on any atom is -0.392 e. The molecule has 2 atom stereocenters. The number of aliphatic hydroxyl groups excluding tert-OH is 2. The quantitative estimate of drug-likeness (QED) is 0.411. The monoisotopic (exact) mass is 464 g/mol. The largest absolute Gasteiger partial charge is 0.392 e. The molecule has 3 N–H and O–H groups in total. The smallest absolute Gasteiger partial charge is 0.255 e. The average Bonchev–Trinajstić information content (AvgIpc) is 2.64. The van der Waals surface area contributed by atoms with Gasteiger partial charge in [-0.05, 0) is 32.0 Å². The number of nitrogens with zero attached hydrogens (tertiary/aromatic N) is 1. The zero-order valence-electron chi connectivity index (χ0n) is 16.4. The van der Waals surface area contributed by atoms with E-state index in [0.717, 1.165) is 6.07 Å². The van der Waals surface area contributed by atoms with Crippen molar-refractivity contribution in [2.24, 2.45) is 0 Å². The van der Waals surface area contributed by atoms with Gasteiger partial charge in [-0.2, -0.15) is 4.31 Å². The highest BCUT2D eigenvalue weighted by molar-refractivity contribution is 7.89. The second-order valence-corrected chi connectivity index (χ2v) is 8.78. The molecule has 2 aromatic rings. The van der Waals surface area contributed by atoms with Crippen LogP contribution in [-0.2, 0) is 10.0 Å². The van der Waals surface area contributed by atoms with Gasteiger partial charge >= 0.3 is 0 Å². The van der Waals surface area contributed by atoms with E-state index in [-0.39, 0.29) is 5.56 Å². The van der Waals surface area contributed by atoms with Crippen LogP contribution in [-0.4, -0.2) is 54.1 Å². The van der Waals surface area contributed by atoms with Crippen LogP contribution in [0.4, 0.5) is 23.2 Å². The molecule has 7 nitrogen and oxygen atoms in total. The number of benzene rings is 2. The van der Waals surface area contributed by atoms with Gasteiger partial charge < -0.3 is 15.5 Å². The number of sulfonamides is 1. The molecular weight excluding hydrogens is 444 g/mol. The molecule has 170 valence electrons. The zero-order valence-corrected chi connectivity index (χ0v) is 17.3. The maximum Gasteiger partial charge on any atom is 0.255 e. The second-order valence-electron chi connectivity index (χ2n) is 6.87. The standard InChI is InChI=1S/C19H20F4N2O5S/c1-10(26)8-25(9-11(2)27)31(29,30)17-5-12(3-4-14(17)20)19(28)24-13-6-15(21)18(23)16(22)7-13/h3-7,10-11,26-27H,8-9H2,1-2H3,(H,24,28). The number of nitrogens with one attached hydrogen (secondary N) is 1. The van der Waals surface area contributed by atoms with Gasteiger partial charge in [0.2, 0.25) is 10.0 Å². The Morgan fingerprint density at radius 1 is 0.968 bits per heavy atom. The van der Waals surface area contributed by atoms with Gasteiger partial charge in [-0.1, -0.05) is 0 Å². The first-order chi connectivity index (χ1) is 14.3. The number of hydrogen-bond acceptors (Lipinski definition) is 5. The van der Waals surface area contributed by atoms with E-state index in [1.807, 2.05) is 0 Å². The molecule has 0 heterocycles. The van der Waals surface area contributed by atoms with E-state index >= 15 is 0 Å². The van der Waals surface area contributed by atoms with Gasteiger partial charge in [-0.15, -0.1) is 0 Å². The van der Waals surface area contributed by atoms with Crippen molar-refractivity contribution < 1.29 is 41.0 Å². The summed E-state index contributed by atoms with van der Waals surface area (Å²) >= 11 is 0. The van der Waals surface area contributed by atoms with Gasteiger partial charge in [0, 0.05) is 36.5 Å². The van der Waals surface area contributed by atoms with Crippen LogP contribution >= 0.6 is 0 Å². The lowest BCUT2D eigenvalue weighted by Crippen LogP contribution is -2.41. The van der Waals surface area contributed by atoms with Crippen LogP contribution in [0, 0.1) is 23.3 Å². The van der Waals surface area contributed by atoms with Gasteiger partial charge in [0.15, 0.2) is 17.5 Å². The molecule has 0 aromatic heterocycles. The Labute approximate surface area is 176 Å². The number of halogens is 4.